The van der Waals surface area contributed by atoms with Gasteiger partial charge in [-0.3, -0.25) is 14.9 Å². The predicted octanol–water partition coefficient (Wildman–Crippen LogP) is 3.12. The van der Waals surface area contributed by atoms with Crippen molar-refractivity contribution in [1.29, 1.82) is 0 Å². The van der Waals surface area contributed by atoms with Crippen molar-refractivity contribution in [2.24, 2.45) is 0 Å². The average molecular weight is 368 g/mol. The molecule has 0 aliphatic carbocycles. The number of imide groups is 1. The molecule has 26 heavy (non-hydrogen) atoms. The number of carbonyl (C=O) groups excluding carboxylic acids is 3. The molecule has 6 nitrogen and oxygen atoms in total. The topological polar surface area (TPSA) is 84.5 Å². The second kappa shape index (κ2) is 8.26. The van der Waals surface area contributed by atoms with Crippen LogP contribution in [0.5, 0.6) is 5.75 Å². The Morgan fingerprint density at radius 1 is 1.08 bits per heavy atom. The summed E-state index contributed by atoms with van der Waals surface area (Å²) in [5.41, 5.74) is 0.373. The Kier molecular flexibility index (Phi) is 5.60. The number of nitrogens with one attached hydrogen (secondary N) is 2. The summed E-state index contributed by atoms with van der Waals surface area (Å²) >= 11 is 1.51. The molecular weight excluding hydrogens is 352 g/mol. The van der Waals surface area contributed by atoms with Crippen molar-refractivity contribution in [3.05, 3.63) is 64.4 Å². The van der Waals surface area contributed by atoms with Crippen LogP contribution in [0, 0.1) is 0 Å². The third-order valence-electron chi connectivity index (χ3n) is 3.66. The highest BCUT2D eigenvalue weighted by molar-refractivity contribution is 7.09. The molecule has 2 N–H and O–H groups in total. The number of fused-ring (bicyclic) bond motifs is 1. The van der Waals surface area contributed by atoms with Crippen LogP contribution in [0.25, 0.3) is 10.8 Å². The maximum absolute atomic E-state index is 11.9. The van der Waals surface area contributed by atoms with Crippen LogP contribution in [0.2, 0.25) is 0 Å². The molecule has 0 atom stereocenters. The second-order valence-electron chi connectivity index (χ2n) is 5.42. The van der Waals surface area contributed by atoms with Gasteiger partial charge in [-0.05, 0) is 28.3 Å². The lowest BCUT2D eigenvalue weighted by molar-refractivity contribution is -0.122. The van der Waals surface area contributed by atoms with E-state index in [1.165, 1.54) is 11.3 Å². The van der Waals surface area contributed by atoms with Crippen LogP contribution >= 0.6 is 11.3 Å². The molecule has 0 saturated carbocycles. The summed E-state index contributed by atoms with van der Waals surface area (Å²) < 4.78 is 5.43. The zero-order valence-corrected chi connectivity index (χ0v) is 14.5. The Morgan fingerprint density at radius 3 is 2.69 bits per heavy atom. The van der Waals surface area contributed by atoms with Crippen LogP contribution in [0.15, 0.2) is 53.9 Å². The first-order chi connectivity index (χ1) is 12.7. The quantitative estimate of drug-likeness (QED) is 0.655. The summed E-state index contributed by atoms with van der Waals surface area (Å²) in [7, 11) is 0. The van der Waals surface area contributed by atoms with Gasteiger partial charge < -0.3 is 10.1 Å². The number of hydrogen-bond acceptors (Lipinski definition) is 5. The van der Waals surface area contributed by atoms with E-state index in [1.54, 1.807) is 6.07 Å². The largest absolute Gasteiger partial charge is 0.483 e. The van der Waals surface area contributed by atoms with Crippen molar-refractivity contribution in [2.45, 2.75) is 6.54 Å². The minimum Gasteiger partial charge on any atom is -0.483 e. The van der Waals surface area contributed by atoms with Crippen LogP contribution in [-0.2, 0) is 11.3 Å². The fourth-order valence-electron chi connectivity index (χ4n) is 2.45. The van der Waals surface area contributed by atoms with E-state index in [0.29, 0.717) is 24.1 Å². The lowest BCUT2D eigenvalue weighted by Crippen LogP contribution is -2.41. The number of hydrogen-bond donors (Lipinski definition) is 2. The van der Waals surface area contributed by atoms with E-state index in [0.717, 1.165) is 15.6 Å². The van der Waals surface area contributed by atoms with Crippen molar-refractivity contribution in [2.75, 3.05) is 6.61 Å². The summed E-state index contributed by atoms with van der Waals surface area (Å²) in [4.78, 5) is 36.0. The zero-order chi connectivity index (χ0) is 18.4. The van der Waals surface area contributed by atoms with Gasteiger partial charge in [0, 0.05) is 4.88 Å². The van der Waals surface area contributed by atoms with Crippen LogP contribution < -0.4 is 15.4 Å². The average Bonchev–Trinajstić information content (AvgIpc) is 3.17. The van der Waals surface area contributed by atoms with Crippen molar-refractivity contribution < 1.29 is 19.1 Å². The summed E-state index contributed by atoms with van der Waals surface area (Å²) in [6.07, 6.45) is 0.698. The van der Waals surface area contributed by atoms with Gasteiger partial charge in [0.15, 0.2) is 12.9 Å². The van der Waals surface area contributed by atoms with E-state index in [4.69, 9.17) is 4.74 Å². The number of aldehydes is 1. The number of amides is 3. The minimum absolute atomic E-state index is 0.299. The molecule has 3 rings (SSSR count). The van der Waals surface area contributed by atoms with Crippen molar-refractivity contribution in [3.63, 3.8) is 0 Å². The first kappa shape index (κ1) is 17.6. The first-order valence-electron chi connectivity index (χ1n) is 7.87. The molecule has 7 heteroatoms. The molecule has 2 aromatic carbocycles. The van der Waals surface area contributed by atoms with Crippen molar-refractivity contribution in [3.8, 4) is 5.75 Å². The predicted molar refractivity (Wildman–Crippen MR) is 99.5 cm³/mol. The van der Waals surface area contributed by atoms with Crippen LogP contribution in [0.3, 0.4) is 0 Å². The highest BCUT2D eigenvalue weighted by Crippen LogP contribution is 2.26. The van der Waals surface area contributed by atoms with E-state index >= 15 is 0 Å². The third kappa shape index (κ3) is 4.25. The fraction of sp³-hybridized carbons (Fsp3) is 0.105. The maximum atomic E-state index is 11.9. The van der Waals surface area contributed by atoms with E-state index in [9.17, 15) is 14.4 Å². The molecular formula is C19H16N2O4S. The molecule has 0 fully saturated rings. The van der Waals surface area contributed by atoms with Gasteiger partial charge in [0.2, 0.25) is 0 Å². The van der Waals surface area contributed by atoms with Crippen LogP contribution in [-0.4, -0.2) is 24.8 Å². The zero-order valence-electron chi connectivity index (χ0n) is 13.7. The summed E-state index contributed by atoms with van der Waals surface area (Å²) in [5.74, 6) is -0.300. The molecule has 0 bridgehead atoms. The van der Waals surface area contributed by atoms with Gasteiger partial charge in [0.05, 0.1) is 12.1 Å². The highest BCUT2D eigenvalue weighted by atomic mass is 32.1. The summed E-state index contributed by atoms with van der Waals surface area (Å²) in [6.45, 7) is -0.0246. The van der Waals surface area contributed by atoms with Gasteiger partial charge in [-0.25, -0.2) is 4.79 Å². The molecule has 0 saturated heterocycles. The van der Waals surface area contributed by atoms with Crippen LogP contribution in [0.4, 0.5) is 4.79 Å². The van der Waals surface area contributed by atoms with E-state index in [-0.39, 0.29) is 6.61 Å². The Bertz CT molecular complexity index is 938. The molecule has 0 radical (unpaired) electrons. The molecule has 1 heterocycles. The number of benzene rings is 2. The molecule has 0 spiro atoms. The third-order valence-corrected chi connectivity index (χ3v) is 4.54. The van der Waals surface area contributed by atoms with E-state index in [2.05, 4.69) is 10.6 Å². The second-order valence-corrected chi connectivity index (χ2v) is 6.45. The van der Waals surface area contributed by atoms with E-state index < -0.39 is 11.9 Å². The molecule has 3 aromatic rings. The van der Waals surface area contributed by atoms with Gasteiger partial charge in [-0.2, -0.15) is 0 Å². The Labute approximate surface area is 153 Å². The Balaban J connectivity index is 1.56. The molecule has 3 amide bonds. The number of ether oxygens (including phenoxy) is 1. The highest BCUT2D eigenvalue weighted by Gasteiger charge is 2.12. The molecule has 132 valence electrons. The van der Waals surface area contributed by atoms with Gasteiger partial charge in [-0.1, -0.05) is 36.4 Å². The molecule has 0 unspecified atom stereocenters. The number of rotatable bonds is 6. The van der Waals surface area contributed by atoms with Gasteiger partial charge in [0.25, 0.3) is 5.91 Å². The molecule has 1 aromatic heterocycles. The Hall–Kier alpha value is -3.19. The number of thiophene rings is 1. The van der Waals surface area contributed by atoms with E-state index in [1.807, 2.05) is 47.8 Å². The van der Waals surface area contributed by atoms with Gasteiger partial charge in [-0.15, -0.1) is 11.3 Å². The van der Waals surface area contributed by atoms with Crippen molar-refractivity contribution in [1.82, 2.24) is 10.6 Å². The Morgan fingerprint density at radius 2 is 1.92 bits per heavy atom. The normalized spacial score (nSPS) is 10.3. The molecule has 0 aliphatic rings. The minimum atomic E-state index is -0.598. The number of carbonyl (C=O) groups is 3. The lowest BCUT2D eigenvalue weighted by Gasteiger charge is -2.11. The number of urea groups is 1. The first-order valence-corrected chi connectivity index (χ1v) is 8.75. The lowest BCUT2D eigenvalue weighted by atomic mass is 10.0. The SMILES string of the molecule is O=Cc1c(OCC(=O)NC(=O)NCc2cccs2)ccc2ccccc12. The summed E-state index contributed by atoms with van der Waals surface area (Å²) in [6, 6.07) is 14.0. The standard InChI is InChI=1S/C19H16N2O4S/c22-11-16-15-6-2-1-4-13(15)7-8-17(16)25-12-18(23)21-19(24)20-10-14-5-3-9-26-14/h1-9,11H,10,12H2,(H2,20,21,23,24). The fourth-order valence-corrected chi connectivity index (χ4v) is 3.10. The van der Waals surface area contributed by atoms with Crippen LogP contribution in [0.1, 0.15) is 15.2 Å². The monoisotopic (exact) mass is 368 g/mol. The maximum Gasteiger partial charge on any atom is 0.321 e. The molecule has 0 aliphatic heterocycles. The van der Waals surface area contributed by atoms with Crippen molar-refractivity contribution >= 4 is 40.3 Å². The van der Waals surface area contributed by atoms with Gasteiger partial charge >= 0.3 is 6.03 Å². The van der Waals surface area contributed by atoms with Gasteiger partial charge in [0.1, 0.15) is 5.75 Å². The smallest absolute Gasteiger partial charge is 0.321 e. The summed E-state index contributed by atoms with van der Waals surface area (Å²) in [5, 5.41) is 8.33.